The van der Waals surface area contributed by atoms with Crippen molar-refractivity contribution in [2.75, 3.05) is 18.7 Å². The first-order chi connectivity index (χ1) is 20.9. The summed E-state index contributed by atoms with van der Waals surface area (Å²) in [7, 11) is -6.87. The van der Waals surface area contributed by atoms with Crippen LogP contribution in [-0.2, 0) is 24.6 Å². The number of primary sulfonamides is 1. The molecule has 0 aliphatic carbocycles. The highest BCUT2D eigenvalue weighted by molar-refractivity contribution is 7.90. The lowest BCUT2D eigenvalue weighted by Gasteiger charge is -2.18. The van der Waals surface area contributed by atoms with E-state index in [2.05, 4.69) is 5.32 Å². The van der Waals surface area contributed by atoms with Gasteiger partial charge in [0.1, 0.15) is 17.0 Å². The topological polar surface area (TPSA) is 159 Å². The normalized spacial score (nSPS) is 11.6. The van der Waals surface area contributed by atoms with E-state index in [1.807, 2.05) is 30.3 Å². The molecule has 0 heterocycles. The molecule has 0 atom stereocenters. The number of carbonyl (C=O) groups is 2. The summed E-state index contributed by atoms with van der Waals surface area (Å²) in [6.45, 7) is 0. The van der Waals surface area contributed by atoms with Crippen LogP contribution >= 0.6 is 0 Å². The van der Waals surface area contributed by atoms with E-state index in [4.69, 9.17) is 14.6 Å². The van der Waals surface area contributed by atoms with Gasteiger partial charge >= 0.3 is 5.97 Å². The van der Waals surface area contributed by atoms with Gasteiger partial charge in [0.2, 0.25) is 10.0 Å². The van der Waals surface area contributed by atoms with Crippen LogP contribution in [0.4, 0.5) is 5.69 Å². The number of ether oxygens (including phenoxy) is 2. The monoisotopic (exact) mass is 630 g/mol. The molecule has 44 heavy (non-hydrogen) atoms. The van der Waals surface area contributed by atoms with Crippen LogP contribution in [0, 0.1) is 0 Å². The van der Waals surface area contributed by atoms with Gasteiger partial charge in [-0.25, -0.2) is 26.8 Å². The van der Waals surface area contributed by atoms with E-state index in [1.165, 1.54) is 30.3 Å². The number of hydrogen-bond acceptors (Lipinski definition) is 8. The Balaban J connectivity index is 1.57. The van der Waals surface area contributed by atoms with E-state index in [0.29, 0.717) is 16.9 Å². The molecule has 5 aromatic carbocycles. The van der Waals surface area contributed by atoms with Crippen LogP contribution in [0.25, 0.3) is 21.9 Å². The Labute approximate surface area is 254 Å². The number of fused-ring (bicyclic) bond motifs is 1. The number of sulfonamides is 1. The molecular formula is C32H26N2O8S2. The van der Waals surface area contributed by atoms with Gasteiger partial charge in [-0.2, -0.15) is 0 Å². The van der Waals surface area contributed by atoms with Gasteiger partial charge in [0.15, 0.2) is 15.6 Å². The number of anilines is 1. The Bertz CT molecular complexity index is 2140. The number of benzene rings is 5. The summed E-state index contributed by atoms with van der Waals surface area (Å²) in [4.78, 5) is 26.0. The molecule has 0 spiro atoms. The molecule has 0 fully saturated rings. The molecule has 0 aromatic heterocycles. The van der Waals surface area contributed by atoms with Crippen molar-refractivity contribution in [2.24, 2.45) is 5.14 Å². The van der Waals surface area contributed by atoms with Crippen molar-refractivity contribution in [2.45, 2.75) is 9.79 Å². The van der Waals surface area contributed by atoms with Crippen LogP contribution in [-0.4, -0.2) is 42.1 Å². The molecule has 5 rings (SSSR count). The molecule has 0 aliphatic rings. The second-order valence-electron chi connectivity index (χ2n) is 9.76. The maximum Gasteiger partial charge on any atom is 0.341 e. The zero-order valence-electron chi connectivity index (χ0n) is 23.5. The molecule has 224 valence electrons. The number of rotatable bonds is 8. The third-order valence-corrected chi connectivity index (χ3v) is 8.87. The standard InChI is InChI=1S/C32H26N2O8S2/c1-41-32(36)29-28(43(2,37)38)18-17-26(42-24-16-15-20-7-3-4-8-23(20)19-24)30(29)34-31(35)22-13-11-21(12-14-22)25-9-5-6-10-27(25)44(33,39)40/h3-19H,1-2H3,(H,34,35)(H2,33,39,40). The Morgan fingerprint density at radius 2 is 1.41 bits per heavy atom. The quantitative estimate of drug-likeness (QED) is 0.216. The molecule has 0 radical (unpaired) electrons. The van der Waals surface area contributed by atoms with E-state index in [1.54, 1.807) is 42.5 Å². The predicted molar refractivity (Wildman–Crippen MR) is 166 cm³/mol. The van der Waals surface area contributed by atoms with Crippen molar-refractivity contribution in [1.82, 2.24) is 0 Å². The van der Waals surface area contributed by atoms with E-state index in [9.17, 15) is 26.4 Å². The van der Waals surface area contributed by atoms with Gasteiger partial charge in [0, 0.05) is 17.4 Å². The summed E-state index contributed by atoms with van der Waals surface area (Å²) < 4.78 is 60.4. The van der Waals surface area contributed by atoms with Gasteiger partial charge in [-0.15, -0.1) is 0 Å². The average Bonchev–Trinajstić information content (AvgIpc) is 3.00. The molecule has 0 saturated heterocycles. The first-order valence-electron chi connectivity index (χ1n) is 13.0. The lowest BCUT2D eigenvalue weighted by atomic mass is 10.0. The van der Waals surface area contributed by atoms with Crippen LogP contribution in [0.5, 0.6) is 11.5 Å². The Morgan fingerprint density at radius 3 is 2.07 bits per heavy atom. The van der Waals surface area contributed by atoms with Crippen LogP contribution < -0.4 is 15.2 Å². The number of nitrogens with two attached hydrogens (primary N) is 1. The molecule has 0 saturated carbocycles. The Kier molecular flexibility index (Phi) is 8.24. The van der Waals surface area contributed by atoms with Crippen LogP contribution in [0.3, 0.4) is 0 Å². The molecule has 10 nitrogen and oxygen atoms in total. The SMILES string of the molecule is COC(=O)c1c(S(C)(=O)=O)ccc(Oc2ccc3ccccc3c2)c1NC(=O)c1ccc(-c2ccccc2S(N)(=O)=O)cc1. The van der Waals surface area contributed by atoms with Crippen molar-refractivity contribution in [3.8, 4) is 22.6 Å². The summed E-state index contributed by atoms with van der Waals surface area (Å²) in [5, 5.41) is 9.83. The third-order valence-electron chi connectivity index (χ3n) is 6.76. The van der Waals surface area contributed by atoms with E-state index >= 15 is 0 Å². The summed E-state index contributed by atoms with van der Waals surface area (Å²) in [6, 6.07) is 27.6. The van der Waals surface area contributed by atoms with Crippen molar-refractivity contribution >= 4 is 48.2 Å². The molecule has 0 bridgehead atoms. The highest BCUT2D eigenvalue weighted by Gasteiger charge is 2.28. The lowest BCUT2D eigenvalue weighted by Crippen LogP contribution is -2.19. The summed E-state index contributed by atoms with van der Waals surface area (Å²) in [6.07, 6.45) is 0.933. The largest absolute Gasteiger partial charge is 0.465 e. The smallest absolute Gasteiger partial charge is 0.341 e. The van der Waals surface area contributed by atoms with Gasteiger partial charge in [-0.3, -0.25) is 4.79 Å². The lowest BCUT2D eigenvalue weighted by molar-refractivity contribution is 0.0597. The third kappa shape index (κ3) is 6.32. The minimum absolute atomic E-state index is 0.000121. The Morgan fingerprint density at radius 1 is 0.750 bits per heavy atom. The van der Waals surface area contributed by atoms with Crippen molar-refractivity contribution in [3.63, 3.8) is 0 Å². The van der Waals surface area contributed by atoms with Crippen molar-refractivity contribution in [3.05, 3.63) is 114 Å². The van der Waals surface area contributed by atoms with E-state index < -0.39 is 37.3 Å². The first kappa shape index (κ1) is 30.4. The van der Waals surface area contributed by atoms with Crippen LogP contribution in [0.15, 0.2) is 113 Å². The fraction of sp³-hybridized carbons (Fsp3) is 0.0625. The second-order valence-corrected chi connectivity index (χ2v) is 13.3. The number of amides is 1. The zero-order valence-corrected chi connectivity index (χ0v) is 25.1. The van der Waals surface area contributed by atoms with Crippen molar-refractivity contribution < 1.29 is 35.9 Å². The van der Waals surface area contributed by atoms with Crippen LogP contribution in [0.2, 0.25) is 0 Å². The molecule has 1 amide bonds. The number of methoxy groups -OCH3 is 1. The van der Waals surface area contributed by atoms with Gasteiger partial charge in [0.25, 0.3) is 5.91 Å². The molecule has 5 aromatic rings. The van der Waals surface area contributed by atoms with Crippen molar-refractivity contribution in [1.29, 1.82) is 0 Å². The highest BCUT2D eigenvalue weighted by atomic mass is 32.2. The number of carbonyl (C=O) groups excluding carboxylic acids is 2. The fourth-order valence-corrected chi connectivity index (χ4v) is 6.32. The maximum absolute atomic E-state index is 13.5. The van der Waals surface area contributed by atoms with E-state index in [0.717, 1.165) is 24.1 Å². The molecule has 3 N–H and O–H groups in total. The second kappa shape index (κ2) is 11.9. The molecule has 12 heteroatoms. The van der Waals surface area contributed by atoms with Gasteiger partial charge in [-0.1, -0.05) is 60.7 Å². The number of nitrogens with one attached hydrogen (secondary N) is 1. The summed E-state index contributed by atoms with van der Waals surface area (Å²) in [5.41, 5.74) is 0.351. The zero-order chi connectivity index (χ0) is 31.6. The summed E-state index contributed by atoms with van der Waals surface area (Å²) >= 11 is 0. The predicted octanol–water partition coefficient (Wildman–Crippen LogP) is 5.39. The minimum atomic E-state index is -4.01. The maximum atomic E-state index is 13.5. The molecule has 0 aliphatic heterocycles. The van der Waals surface area contributed by atoms with Gasteiger partial charge < -0.3 is 14.8 Å². The number of esters is 1. The Hall–Kier alpha value is -5.04. The van der Waals surface area contributed by atoms with Gasteiger partial charge in [-0.05, 0) is 58.8 Å². The molecular weight excluding hydrogens is 604 g/mol. The summed E-state index contributed by atoms with van der Waals surface area (Å²) in [5.74, 6) is -1.32. The molecule has 0 unspecified atom stereocenters. The van der Waals surface area contributed by atoms with E-state index in [-0.39, 0.29) is 26.8 Å². The highest BCUT2D eigenvalue weighted by Crippen LogP contribution is 2.38. The van der Waals surface area contributed by atoms with Gasteiger partial charge in [0.05, 0.1) is 16.9 Å². The number of hydrogen-bond donors (Lipinski definition) is 2. The fourth-order valence-electron chi connectivity index (χ4n) is 4.69. The average molecular weight is 631 g/mol. The number of sulfone groups is 1. The first-order valence-corrected chi connectivity index (χ1v) is 16.5. The minimum Gasteiger partial charge on any atom is -0.465 e. The van der Waals surface area contributed by atoms with Crippen LogP contribution in [0.1, 0.15) is 20.7 Å².